The van der Waals surface area contributed by atoms with E-state index < -0.39 is 12.9 Å². The van der Waals surface area contributed by atoms with Crippen molar-refractivity contribution >= 4 is 92.7 Å². The van der Waals surface area contributed by atoms with Crippen molar-refractivity contribution in [3.8, 4) is 17.3 Å². The third-order valence-electron chi connectivity index (χ3n) is 6.16. The SMILES string of the molecule is CCC#N.Cc1nc2cccc(Cl)c2nc1-c1cc(F)ccc1Cl.Cc1nc2cccc(Cl)c2nc1Cl.OB(O)c1cc(F)ccc1Cl. The first-order valence-corrected chi connectivity index (χ1v) is 15.8. The van der Waals surface area contributed by atoms with Crippen LogP contribution in [0, 0.1) is 36.8 Å². The quantitative estimate of drug-likeness (QED) is 0.170. The van der Waals surface area contributed by atoms with Crippen LogP contribution in [0.4, 0.5) is 8.78 Å². The first-order valence-electron chi connectivity index (χ1n) is 13.9. The average Bonchev–Trinajstić information content (AvgIpc) is 3.05. The zero-order chi connectivity index (χ0) is 35.5. The van der Waals surface area contributed by atoms with E-state index in [1.807, 2.05) is 51.1 Å². The van der Waals surface area contributed by atoms with E-state index in [0.717, 1.165) is 23.3 Å². The van der Waals surface area contributed by atoms with Crippen LogP contribution in [0.1, 0.15) is 24.7 Å². The summed E-state index contributed by atoms with van der Waals surface area (Å²) in [6.07, 6.45) is 0.625. The molecule has 0 aliphatic carbocycles. The number of aryl methyl sites for hydroxylation is 2. The number of aromatic nitrogens is 4. The molecular weight excluding hydrogens is 724 g/mol. The van der Waals surface area contributed by atoms with Gasteiger partial charge in [-0.15, -0.1) is 0 Å². The molecule has 0 atom stereocenters. The van der Waals surface area contributed by atoms with Crippen LogP contribution in [-0.4, -0.2) is 37.1 Å². The first-order chi connectivity index (χ1) is 22.8. The molecule has 2 N–H and O–H groups in total. The van der Waals surface area contributed by atoms with Gasteiger partial charge in [0.2, 0.25) is 0 Å². The number of rotatable bonds is 2. The normalized spacial score (nSPS) is 10.1. The molecule has 0 saturated heterocycles. The third kappa shape index (κ3) is 10.4. The predicted octanol–water partition coefficient (Wildman–Crippen LogP) is 9.38. The van der Waals surface area contributed by atoms with Crippen molar-refractivity contribution < 1.29 is 18.8 Å². The molecule has 2 aromatic heterocycles. The molecule has 0 amide bonds. The van der Waals surface area contributed by atoms with Crippen LogP contribution in [0.15, 0.2) is 72.8 Å². The Morgan fingerprint density at radius 3 is 1.71 bits per heavy atom. The lowest BCUT2D eigenvalue weighted by atomic mass is 9.80. The Kier molecular flexibility index (Phi) is 14.7. The molecule has 6 rings (SSSR count). The second kappa shape index (κ2) is 18.2. The first kappa shape index (κ1) is 38.8. The molecule has 0 aliphatic rings. The molecule has 0 radical (unpaired) electrons. The summed E-state index contributed by atoms with van der Waals surface area (Å²) in [5.74, 6) is -0.914. The van der Waals surface area contributed by atoms with Crippen LogP contribution in [0.5, 0.6) is 0 Å². The molecule has 0 unspecified atom stereocenters. The maximum absolute atomic E-state index is 13.4. The second-order valence-corrected chi connectivity index (χ2v) is 11.6. The Labute approximate surface area is 300 Å². The minimum absolute atomic E-state index is 0.0216. The fraction of sp³-hybridized carbons (Fsp3) is 0.121. The highest BCUT2D eigenvalue weighted by Gasteiger charge is 2.15. The summed E-state index contributed by atoms with van der Waals surface area (Å²) in [6.45, 7) is 5.44. The van der Waals surface area contributed by atoms with Gasteiger partial charge in [0.25, 0.3) is 0 Å². The van der Waals surface area contributed by atoms with Gasteiger partial charge in [0, 0.05) is 22.5 Å². The molecule has 6 aromatic rings. The third-order valence-corrected chi connectivity index (χ3v) is 7.80. The highest BCUT2D eigenvalue weighted by molar-refractivity contribution is 6.62. The van der Waals surface area contributed by atoms with Crippen molar-refractivity contribution in [2.45, 2.75) is 27.2 Å². The summed E-state index contributed by atoms with van der Waals surface area (Å²) in [5, 5.41) is 26.9. The maximum Gasteiger partial charge on any atom is 0.490 e. The summed E-state index contributed by atoms with van der Waals surface area (Å²) in [5.41, 5.74) is 5.12. The molecule has 15 heteroatoms. The zero-order valence-corrected chi connectivity index (χ0v) is 29.3. The van der Waals surface area contributed by atoms with Gasteiger partial charge in [-0.05, 0) is 74.5 Å². The van der Waals surface area contributed by atoms with Crippen LogP contribution in [0.25, 0.3) is 33.3 Å². The van der Waals surface area contributed by atoms with E-state index >= 15 is 0 Å². The number of hydrogen-bond acceptors (Lipinski definition) is 7. The number of hydrogen-bond donors (Lipinski definition) is 2. The number of nitrogens with zero attached hydrogens (tertiary/aromatic N) is 5. The molecule has 0 aliphatic heterocycles. The molecule has 0 saturated carbocycles. The molecule has 0 fully saturated rings. The van der Waals surface area contributed by atoms with Crippen LogP contribution < -0.4 is 5.46 Å². The molecule has 0 bridgehead atoms. The lowest BCUT2D eigenvalue weighted by Crippen LogP contribution is -2.31. The molecule has 48 heavy (non-hydrogen) atoms. The highest BCUT2D eigenvalue weighted by Crippen LogP contribution is 2.31. The number of benzene rings is 4. The highest BCUT2D eigenvalue weighted by atomic mass is 35.5. The van der Waals surface area contributed by atoms with Gasteiger partial charge in [0.05, 0.1) is 49.3 Å². The Balaban J connectivity index is 0.000000194. The Hall–Kier alpha value is -3.66. The van der Waals surface area contributed by atoms with Crippen molar-refractivity contribution in [2.75, 3.05) is 0 Å². The predicted molar refractivity (Wildman–Crippen MR) is 191 cm³/mol. The van der Waals surface area contributed by atoms with Crippen LogP contribution in [-0.2, 0) is 0 Å². The van der Waals surface area contributed by atoms with E-state index in [0.29, 0.717) is 60.1 Å². The fourth-order valence-electron chi connectivity index (χ4n) is 3.89. The molecule has 7 nitrogen and oxygen atoms in total. The summed E-state index contributed by atoms with van der Waals surface area (Å²) >= 11 is 29.5. The molecular formula is C33H25BCl5F2N5O2. The monoisotopic (exact) mass is 747 g/mol. The van der Waals surface area contributed by atoms with Crippen LogP contribution in [0.2, 0.25) is 25.2 Å². The zero-order valence-electron chi connectivity index (χ0n) is 25.5. The average molecular weight is 750 g/mol. The van der Waals surface area contributed by atoms with E-state index in [4.69, 9.17) is 73.3 Å². The Bertz CT molecular complexity index is 2100. The van der Waals surface area contributed by atoms with Gasteiger partial charge >= 0.3 is 7.12 Å². The van der Waals surface area contributed by atoms with Crippen molar-refractivity contribution in [2.24, 2.45) is 0 Å². The van der Waals surface area contributed by atoms with Crippen molar-refractivity contribution in [1.82, 2.24) is 19.9 Å². The number of para-hydroxylation sites is 2. The molecule has 4 aromatic carbocycles. The molecule has 0 spiro atoms. The van der Waals surface area contributed by atoms with E-state index in [2.05, 4.69) is 19.9 Å². The Morgan fingerprint density at radius 2 is 1.19 bits per heavy atom. The number of nitriles is 1. The molecule has 246 valence electrons. The summed E-state index contributed by atoms with van der Waals surface area (Å²) in [7, 11) is -1.72. The Morgan fingerprint density at radius 1 is 0.688 bits per heavy atom. The van der Waals surface area contributed by atoms with Gasteiger partial charge in [0.1, 0.15) is 22.7 Å². The van der Waals surface area contributed by atoms with Crippen LogP contribution >= 0.6 is 58.0 Å². The largest absolute Gasteiger partial charge is 0.490 e. The van der Waals surface area contributed by atoms with Gasteiger partial charge in [-0.25, -0.2) is 28.7 Å². The standard InChI is InChI=1S/C15H9Cl2FN2.C9H6Cl2N2.C6H5BClFO2.C3H5N/c1-8-14(10-7-9(18)5-6-11(10)16)20-15-12(17)3-2-4-13(15)19-8;1-5-9(11)13-8-6(10)3-2-4-7(8)12-5;8-6-2-1-4(9)3-5(6)7(10)11;1-2-3-4/h2-7H,1H3;2-4H,1H3;1-3,10-11H;2H2,1H3. The number of fused-ring (bicyclic) bond motifs is 2. The van der Waals surface area contributed by atoms with Gasteiger partial charge in [-0.3, -0.25) is 0 Å². The minimum Gasteiger partial charge on any atom is -0.423 e. The molecule has 2 heterocycles. The maximum atomic E-state index is 13.4. The minimum atomic E-state index is -1.72. The topological polar surface area (TPSA) is 116 Å². The second-order valence-electron chi connectivity index (χ2n) is 9.65. The van der Waals surface area contributed by atoms with Gasteiger partial charge in [-0.2, -0.15) is 5.26 Å². The van der Waals surface area contributed by atoms with Gasteiger partial charge in [0.15, 0.2) is 5.15 Å². The van der Waals surface area contributed by atoms with Crippen molar-refractivity contribution in [3.63, 3.8) is 0 Å². The smallest absolute Gasteiger partial charge is 0.423 e. The van der Waals surface area contributed by atoms with Crippen LogP contribution in [0.3, 0.4) is 0 Å². The fourth-order valence-corrected chi connectivity index (χ4v) is 4.86. The van der Waals surface area contributed by atoms with Crippen molar-refractivity contribution in [1.29, 1.82) is 5.26 Å². The lowest BCUT2D eigenvalue weighted by Gasteiger charge is -2.09. The number of halogens is 7. The van der Waals surface area contributed by atoms with Gasteiger partial charge < -0.3 is 10.0 Å². The van der Waals surface area contributed by atoms with E-state index in [9.17, 15) is 8.78 Å². The summed E-state index contributed by atoms with van der Waals surface area (Å²) < 4.78 is 25.9. The lowest BCUT2D eigenvalue weighted by molar-refractivity contribution is 0.425. The van der Waals surface area contributed by atoms with Crippen molar-refractivity contribution in [3.05, 3.63) is 121 Å². The summed E-state index contributed by atoms with van der Waals surface area (Å²) in [6, 6.07) is 20.3. The summed E-state index contributed by atoms with van der Waals surface area (Å²) in [4.78, 5) is 17.4. The van der Waals surface area contributed by atoms with E-state index in [1.165, 1.54) is 24.3 Å². The van der Waals surface area contributed by atoms with Gasteiger partial charge in [-0.1, -0.05) is 77.1 Å². The van der Waals surface area contributed by atoms with E-state index in [-0.39, 0.29) is 16.3 Å². The van der Waals surface area contributed by atoms with E-state index in [1.54, 1.807) is 12.1 Å².